The van der Waals surface area contributed by atoms with Gasteiger partial charge in [0.1, 0.15) is 16.6 Å². The van der Waals surface area contributed by atoms with Crippen LogP contribution in [-0.4, -0.2) is 30.2 Å². The van der Waals surface area contributed by atoms with E-state index in [0.717, 1.165) is 24.5 Å². The number of ether oxygens (including phenoxy) is 1. The Morgan fingerprint density at radius 3 is 3.29 bits per heavy atom. The predicted octanol–water partition coefficient (Wildman–Crippen LogP) is 2.45. The molecule has 1 fully saturated rings. The zero-order chi connectivity index (χ0) is 12.3. The molecule has 1 atom stereocenters. The molecule has 0 spiro atoms. The van der Waals surface area contributed by atoms with E-state index in [4.69, 9.17) is 21.6 Å². The summed E-state index contributed by atoms with van der Waals surface area (Å²) in [5.41, 5.74) is 0.473. The molecule has 90 valence electrons. The van der Waals surface area contributed by atoms with Gasteiger partial charge in [0.05, 0.1) is 12.7 Å². The lowest BCUT2D eigenvalue weighted by Gasteiger charge is -2.16. The maximum absolute atomic E-state index is 9.02. The Morgan fingerprint density at radius 2 is 2.59 bits per heavy atom. The number of aromatic nitrogens is 1. The van der Waals surface area contributed by atoms with Crippen LogP contribution in [0.15, 0.2) is 12.7 Å². The average Bonchev–Trinajstić information content (AvgIpc) is 2.92. The van der Waals surface area contributed by atoms with Gasteiger partial charge in [-0.3, -0.25) is 0 Å². The summed E-state index contributed by atoms with van der Waals surface area (Å²) in [6.45, 7) is 5.83. The molecule has 1 aliphatic rings. The molecule has 0 bridgehead atoms. The van der Waals surface area contributed by atoms with Gasteiger partial charge in [-0.1, -0.05) is 17.7 Å². The molecule has 0 saturated carbocycles. The molecule has 1 aliphatic heterocycles. The molecule has 2 heterocycles. The zero-order valence-electron chi connectivity index (χ0n) is 9.23. The largest absolute Gasteiger partial charge is 0.372 e. The lowest BCUT2D eigenvalue weighted by atomic mass is 10.3. The zero-order valence-corrected chi connectivity index (χ0v) is 10.8. The molecule has 0 amide bonds. The summed E-state index contributed by atoms with van der Waals surface area (Å²) in [5, 5.41) is 10.2. The first-order valence-electron chi connectivity index (χ1n) is 5.29. The van der Waals surface area contributed by atoms with Crippen LogP contribution in [0.3, 0.4) is 0 Å². The van der Waals surface area contributed by atoms with Crippen LogP contribution >= 0.6 is 23.1 Å². The fraction of sp³-hybridized carbons (Fsp3) is 0.455. The van der Waals surface area contributed by atoms with Crippen molar-refractivity contribution in [1.82, 2.24) is 4.37 Å². The van der Waals surface area contributed by atoms with Gasteiger partial charge in [0.25, 0.3) is 0 Å². The fourth-order valence-corrected chi connectivity index (χ4v) is 2.89. The van der Waals surface area contributed by atoms with Crippen LogP contribution in [0.2, 0.25) is 5.15 Å². The number of hydrogen-bond donors (Lipinski definition) is 0. The Morgan fingerprint density at radius 1 is 1.76 bits per heavy atom. The van der Waals surface area contributed by atoms with Gasteiger partial charge in [-0.25, -0.2) is 0 Å². The highest BCUT2D eigenvalue weighted by molar-refractivity contribution is 7.10. The third-order valence-corrected chi connectivity index (χ3v) is 3.91. The summed E-state index contributed by atoms with van der Waals surface area (Å²) in [6.07, 6.45) is 2.89. The smallest absolute Gasteiger partial charge is 0.162 e. The van der Waals surface area contributed by atoms with Crippen molar-refractivity contribution in [2.24, 2.45) is 0 Å². The first kappa shape index (κ1) is 12.4. The molecule has 0 radical (unpaired) electrons. The van der Waals surface area contributed by atoms with Crippen LogP contribution in [0.1, 0.15) is 12.0 Å². The van der Waals surface area contributed by atoms with E-state index in [2.05, 4.69) is 21.9 Å². The summed E-state index contributed by atoms with van der Waals surface area (Å²) < 4.78 is 9.60. The fourth-order valence-electron chi connectivity index (χ4n) is 1.83. The van der Waals surface area contributed by atoms with Gasteiger partial charge >= 0.3 is 0 Å². The second kappa shape index (κ2) is 5.50. The summed E-state index contributed by atoms with van der Waals surface area (Å²) >= 11 is 7.12. The van der Waals surface area contributed by atoms with E-state index in [1.165, 1.54) is 11.5 Å². The molecule has 0 N–H and O–H groups in total. The Balaban J connectivity index is 2.05. The van der Waals surface area contributed by atoms with E-state index in [1.54, 1.807) is 6.08 Å². The highest BCUT2D eigenvalue weighted by Gasteiger charge is 2.27. The van der Waals surface area contributed by atoms with Crippen molar-refractivity contribution in [3.05, 3.63) is 23.4 Å². The monoisotopic (exact) mass is 269 g/mol. The van der Waals surface area contributed by atoms with Crippen LogP contribution in [-0.2, 0) is 4.74 Å². The van der Waals surface area contributed by atoms with E-state index in [0.29, 0.717) is 17.3 Å². The van der Waals surface area contributed by atoms with E-state index in [-0.39, 0.29) is 6.10 Å². The number of anilines is 1. The lowest BCUT2D eigenvalue weighted by molar-refractivity contribution is 0.0909. The Kier molecular flexibility index (Phi) is 4.00. The highest BCUT2D eigenvalue weighted by Crippen LogP contribution is 2.33. The minimum atomic E-state index is 0.195. The molecule has 1 aromatic rings. The number of nitrogens with zero attached hydrogens (tertiary/aromatic N) is 3. The van der Waals surface area contributed by atoms with E-state index >= 15 is 0 Å². The average molecular weight is 270 g/mol. The molecule has 6 heteroatoms. The normalized spacial score (nSPS) is 19.3. The molecule has 0 aromatic carbocycles. The van der Waals surface area contributed by atoms with Crippen LogP contribution in [0.5, 0.6) is 0 Å². The van der Waals surface area contributed by atoms with Crippen molar-refractivity contribution in [2.75, 3.05) is 24.6 Å². The molecule has 17 heavy (non-hydrogen) atoms. The summed E-state index contributed by atoms with van der Waals surface area (Å²) in [5.74, 6) is 0. The Bertz CT molecular complexity index is 454. The van der Waals surface area contributed by atoms with Crippen LogP contribution in [0.4, 0.5) is 5.00 Å². The maximum atomic E-state index is 9.02. The van der Waals surface area contributed by atoms with Crippen LogP contribution < -0.4 is 4.90 Å². The maximum Gasteiger partial charge on any atom is 0.162 e. The van der Waals surface area contributed by atoms with Crippen molar-refractivity contribution in [3.8, 4) is 6.07 Å². The quantitative estimate of drug-likeness (QED) is 0.788. The first-order valence-corrected chi connectivity index (χ1v) is 6.44. The number of nitriles is 1. The molecular formula is C11H12ClN3OS. The van der Waals surface area contributed by atoms with Gasteiger partial charge in [0.15, 0.2) is 5.15 Å². The SMILES string of the molecule is C=CCOC1CCN(c2snc(Cl)c2C#N)C1. The van der Waals surface area contributed by atoms with Gasteiger partial charge in [0, 0.05) is 13.1 Å². The molecule has 1 aromatic heterocycles. The summed E-state index contributed by atoms with van der Waals surface area (Å²) in [7, 11) is 0. The molecule has 1 unspecified atom stereocenters. The molecule has 4 nitrogen and oxygen atoms in total. The van der Waals surface area contributed by atoms with Crippen LogP contribution in [0.25, 0.3) is 0 Å². The van der Waals surface area contributed by atoms with E-state index < -0.39 is 0 Å². The van der Waals surface area contributed by atoms with Gasteiger partial charge < -0.3 is 9.64 Å². The third kappa shape index (κ3) is 2.60. The van der Waals surface area contributed by atoms with Crippen LogP contribution in [0, 0.1) is 11.3 Å². The second-order valence-corrected chi connectivity index (χ2v) is 4.85. The second-order valence-electron chi connectivity index (χ2n) is 3.74. The Hall–Kier alpha value is -1.09. The number of halogens is 1. The van der Waals surface area contributed by atoms with Gasteiger partial charge in [-0.05, 0) is 18.0 Å². The summed E-state index contributed by atoms with van der Waals surface area (Å²) in [6, 6.07) is 2.10. The molecular weight excluding hydrogens is 258 g/mol. The van der Waals surface area contributed by atoms with Gasteiger partial charge in [0.2, 0.25) is 0 Å². The van der Waals surface area contributed by atoms with Crippen molar-refractivity contribution >= 4 is 28.1 Å². The first-order chi connectivity index (χ1) is 8.26. The van der Waals surface area contributed by atoms with Crippen molar-refractivity contribution in [2.45, 2.75) is 12.5 Å². The number of rotatable bonds is 4. The topological polar surface area (TPSA) is 49.1 Å². The lowest BCUT2D eigenvalue weighted by Crippen LogP contribution is -2.22. The molecule has 2 rings (SSSR count). The standard InChI is InChI=1S/C11H12ClN3OS/c1-2-5-16-8-3-4-15(7-8)11-9(6-13)10(12)14-17-11/h2,8H,1,3-5,7H2. The van der Waals surface area contributed by atoms with Crippen molar-refractivity contribution in [1.29, 1.82) is 5.26 Å². The minimum Gasteiger partial charge on any atom is -0.372 e. The predicted molar refractivity (Wildman–Crippen MR) is 68.6 cm³/mol. The molecule has 1 saturated heterocycles. The molecule has 0 aliphatic carbocycles. The van der Waals surface area contributed by atoms with Crippen molar-refractivity contribution < 1.29 is 4.74 Å². The van der Waals surface area contributed by atoms with Gasteiger partial charge in [-0.2, -0.15) is 9.64 Å². The van der Waals surface area contributed by atoms with Gasteiger partial charge in [-0.15, -0.1) is 6.58 Å². The van der Waals surface area contributed by atoms with E-state index in [9.17, 15) is 0 Å². The van der Waals surface area contributed by atoms with E-state index in [1.807, 2.05) is 0 Å². The highest BCUT2D eigenvalue weighted by atomic mass is 35.5. The van der Waals surface area contributed by atoms with Crippen molar-refractivity contribution in [3.63, 3.8) is 0 Å². The number of hydrogen-bond acceptors (Lipinski definition) is 5. The third-order valence-electron chi connectivity index (χ3n) is 2.63. The summed E-state index contributed by atoms with van der Waals surface area (Å²) in [4.78, 5) is 2.11. The minimum absolute atomic E-state index is 0.195. The Labute approximate surface area is 109 Å².